The monoisotopic (exact) mass is 536 g/mol. The molecule has 5 rings (SSSR count). The number of alkyl halides is 2. The van der Waals surface area contributed by atoms with Gasteiger partial charge in [-0.3, -0.25) is 9.69 Å². The molecule has 2 aromatic heterocycles. The molecule has 3 heterocycles. The van der Waals surface area contributed by atoms with Crippen LogP contribution in [0.4, 0.5) is 30.1 Å². The fourth-order valence-corrected chi connectivity index (χ4v) is 4.73. The number of rotatable bonds is 7. The number of ether oxygens (including phenoxy) is 1. The largest absolute Gasteiger partial charge is 0.424 e. The van der Waals surface area contributed by atoms with Crippen LogP contribution in [-0.2, 0) is 10.7 Å². The Bertz CT molecular complexity index is 1460. The van der Waals surface area contributed by atoms with E-state index < -0.39 is 12.0 Å². The molecular formula is C26H22F2N6O3S. The van der Waals surface area contributed by atoms with Crippen molar-refractivity contribution < 1.29 is 23.1 Å². The minimum Gasteiger partial charge on any atom is -0.424 e. The molecule has 0 atom stereocenters. The van der Waals surface area contributed by atoms with E-state index in [-0.39, 0.29) is 23.2 Å². The van der Waals surface area contributed by atoms with Crippen LogP contribution in [0, 0.1) is 0 Å². The van der Waals surface area contributed by atoms with Gasteiger partial charge < -0.3 is 15.4 Å². The van der Waals surface area contributed by atoms with Gasteiger partial charge in [-0.1, -0.05) is 23.5 Å². The summed E-state index contributed by atoms with van der Waals surface area (Å²) >= 11 is 1.46. The molecule has 3 amide bonds. The lowest BCUT2D eigenvalue weighted by atomic mass is 10.1. The molecule has 1 fully saturated rings. The van der Waals surface area contributed by atoms with E-state index in [9.17, 15) is 18.4 Å². The molecule has 0 unspecified atom stereocenters. The smallest absolute Gasteiger partial charge is 0.323 e. The van der Waals surface area contributed by atoms with Crippen molar-refractivity contribution in [3.05, 3.63) is 72.7 Å². The molecule has 194 valence electrons. The normalized spacial score (nSPS) is 13.4. The first-order valence-electron chi connectivity index (χ1n) is 11.7. The Balaban J connectivity index is 1.16. The first-order chi connectivity index (χ1) is 18.2. The van der Waals surface area contributed by atoms with Gasteiger partial charge in [0.2, 0.25) is 5.91 Å². The van der Waals surface area contributed by atoms with E-state index in [0.29, 0.717) is 29.5 Å². The molecule has 2 N–H and O–H groups in total. The minimum atomic E-state index is -3.02. The SMILES string of the molecule is CC(F)(F)c1cccc(NC(=O)Nc2cnc(Oc3ccc(-c4cnc(N5CCCC5=O)s4)cc3)nc2)c1. The highest BCUT2D eigenvalue weighted by atomic mass is 32.1. The van der Waals surface area contributed by atoms with E-state index in [1.165, 1.54) is 48.0 Å². The average molecular weight is 537 g/mol. The fourth-order valence-electron chi connectivity index (χ4n) is 3.76. The van der Waals surface area contributed by atoms with Crippen LogP contribution in [0.25, 0.3) is 10.4 Å². The number of nitrogens with zero attached hydrogens (tertiary/aromatic N) is 4. The third-order valence-electron chi connectivity index (χ3n) is 5.66. The van der Waals surface area contributed by atoms with Gasteiger partial charge in [-0.25, -0.2) is 28.5 Å². The first-order valence-corrected chi connectivity index (χ1v) is 12.5. The van der Waals surface area contributed by atoms with E-state index in [1.807, 2.05) is 12.1 Å². The number of aromatic nitrogens is 3. The number of amides is 3. The van der Waals surface area contributed by atoms with Gasteiger partial charge in [-0.05, 0) is 48.4 Å². The fraction of sp³-hybridized carbons (Fsp3) is 0.192. The van der Waals surface area contributed by atoms with Crippen LogP contribution in [0.3, 0.4) is 0 Å². The third-order valence-corrected chi connectivity index (χ3v) is 6.73. The van der Waals surface area contributed by atoms with Gasteiger partial charge in [-0.15, -0.1) is 0 Å². The van der Waals surface area contributed by atoms with Crippen LogP contribution in [0.5, 0.6) is 11.8 Å². The van der Waals surface area contributed by atoms with Gasteiger partial charge in [0, 0.05) is 37.3 Å². The Labute approximate surface area is 220 Å². The Hall–Kier alpha value is -4.45. The molecule has 1 saturated heterocycles. The van der Waals surface area contributed by atoms with Crippen LogP contribution in [-0.4, -0.2) is 33.4 Å². The number of carbonyl (C=O) groups excluding carboxylic acids is 2. The summed E-state index contributed by atoms with van der Waals surface area (Å²) in [6, 6.07) is 12.2. The topological polar surface area (TPSA) is 109 Å². The molecule has 0 radical (unpaired) electrons. The molecular weight excluding hydrogens is 514 g/mol. The summed E-state index contributed by atoms with van der Waals surface area (Å²) in [6.07, 6.45) is 5.90. The second-order valence-electron chi connectivity index (χ2n) is 8.59. The Kier molecular flexibility index (Phi) is 6.97. The van der Waals surface area contributed by atoms with Gasteiger partial charge in [0.05, 0.1) is 23.0 Å². The number of anilines is 3. The number of nitrogens with one attached hydrogen (secondary N) is 2. The summed E-state index contributed by atoms with van der Waals surface area (Å²) in [5, 5.41) is 5.75. The van der Waals surface area contributed by atoms with Crippen LogP contribution >= 0.6 is 11.3 Å². The molecule has 38 heavy (non-hydrogen) atoms. The van der Waals surface area contributed by atoms with E-state index in [0.717, 1.165) is 23.8 Å². The molecule has 1 aliphatic heterocycles. The minimum absolute atomic E-state index is 0.0780. The van der Waals surface area contributed by atoms with E-state index in [4.69, 9.17) is 4.74 Å². The molecule has 9 nitrogen and oxygen atoms in total. The van der Waals surface area contributed by atoms with Crippen molar-refractivity contribution in [3.8, 4) is 22.2 Å². The number of halogens is 2. The van der Waals surface area contributed by atoms with Crippen molar-refractivity contribution in [2.45, 2.75) is 25.7 Å². The van der Waals surface area contributed by atoms with Crippen LogP contribution in [0.2, 0.25) is 0 Å². The van der Waals surface area contributed by atoms with Gasteiger partial charge in [0.1, 0.15) is 5.75 Å². The first kappa shape index (κ1) is 25.2. The summed E-state index contributed by atoms with van der Waals surface area (Å²) in [7, 11) is 0. The molecule has 0 saturated carbocycles. The lowest BCUT2D eigenvalue weighted by molar-refractivity contribution is -0.117. The maximum absolute atomic E-state index is 13.5. The van der Waals surface area contributed by atoms with Crippen molar-refractivity contribution in [1.82, 2.24) is 15.0 Å². The summed E-state index contributed by atoms with van der Waals surface area (Å²) in [5.74, 6) is -2.40. The molecule has 0 bridgehead atoms. The summed E-state index contributed by atoms with van der Waals surface area (Å²) < 4.78 is 32.7. The van der Waals surface area contributed by atoms with E-state index in [2.05, 4.69) is 25.6 Å². The lowest BCUT2D eigenvalue weighted by Gasteiger charge is -2.13. The standard InChI is InChI=1S/C26H22F2N6O3S/c1-26(27,28)17-4-2-5-18(12-17)32-23(36)33-19-13-29-24(30-14-19)37-20-9-7-16(8-10-20)21-15-31-25(38-21)34-11-3-6-22(34)35/h2,4-5,7-10,12-15H,3,6,11H2,1H3,(H2,32,33,36). The molecule has 0 aliphatic carbocycles. The maximum Gasteiger partial charge on any atom is 0.323 e. The van der Waals surface area contributed by atoms with Gasteiger partial charge in [-0.2, -0.15) is 0 Å². The predicted octanol–water partition coefficient (Wildman–Crippen LogP) is 6.27. The summed E-state index contributed by atoms with van der Waals surface area (Å²) in [5.41, 5.74) is 1.25. The highest BCUT2D eigenvalue weighted by Crippen LogP contribution is 2.34. The zero-order chi connectivity index (χ0) is 26.7. The van der Waals surface area contributed by atoms with E-state index in [1.54, 1.807) is 23.2 Å². The molecule has 2 aromatic carbocycles. The molecule has 12 heteroatoms. The van der Waals surface area contributed by atoms with Crippen molar-refractivity contribution in [2.24, 2.45) is 0 Å². The van der Waals surface area contributed by atoms with E-state index >= 15 is 0 Å². The predicted molar refractivity (Wildman–Crippen MR) is 140 cm³/mol. The number of thiazole rings is 1. The molecule has 1 aliphatic rings. The third kappa shape index (κ3) is 5.92. The molecule has 4 aromatic rings. The van der Waals surface area contributed by atoms with Crippen molar-refractivity contribution >= 4 is 39.8 Å². The lowest BCUT2D eigenvalue weighted by Crippen LogP contribution is -2.23. The Morgan fingerprint density at radius 3 is 2.45 bits per heavy atom. The number of hydrogen-bond donors (Lipinski definition) is 2. The Morgan fingerprint density at radius 1 is 1.03 bits per heavy atom. The number of hydrogen-bond acceptors (Lipinski definition) is 7. The maximum atomic E-state index is 13.5. The second kappa shape index (κ2) is 10.5. The second-order valence-corrected chi connectivity index (χ2v) is 9.59. The van der Waals surface area contributed by atoms with Crippen LogP contribution in [0.1, 0.15) is 25.3 Å². The average Bonchev–Trinajstić information content (AvgIpc) is 3.54. The van der Waals surface area contributed by atoms with Crippen molar-refractivity contribution in [3.63, 3.8) is 0 Å². The van der Waals surface area contributed by atoms with Crippen molar-refractivity contribution in [2.75, 3.05) is 22.1 Å². The molecule has 0 spiro atoms. The van der Waals surface area contributed by atoms with Crippen molar-refractivity contribution in [1.29, 1.82) is 0 Å². The highest BCUT2D eigenvalue weighted by Gasteiger charge is 2.25. The number of benzene rings is 2. The zero-order valence-electron chi connectivity index (χ0n) is 20.1. The van der Waals surface area contributed by atoms with Crippen LogP contribution in [0.15, 0.2) is 67.1 Å². The van der Waals surface area contributed by atoms with Crippen LogP contribution < -0.4 is 20.3 Å². The summed E-state index contributed by atoms with van der Waals surface area (Å²) in [4.78, 5) is 39.4. The van der Waals surface area contributed by atoms with Gasteiger partial charge in [0.25, 0.3) is 5.92 Å². The van der Waals surface area contributed by atoms with Gasteiger partial charge in [0.15, 0.2) is 5.13 Å². The van der Waals surface area contributed by atoms with Gasteiger partial charge >= 0.3 is 12.0 Å². The number of carbonyl (C=O) groups is 2. The quantitative estimate of drug-likeness (QED) is 0.288. The summed E-state index contributed by atoms with van der Waals surface area (Å²) in [6.45, 7) is 1.49. The highest BCUT2D eigenvalue weighted by molar-refractivity contribution is 7.19. The zero-order valence-corrected chi connectivity index (χ0v) is 21.0. The number of urea groups is 1. The Morgan fingerprint density at radius 2 is 1.76 bits per heavy atom.